The first-order valence-electron chi connectivity index (χ1n) is 9.03. The van der Waals surface area contributed by atoms with Crippen molar-refractivity contribution >= 4 is 40.0 Å². The van der Waals surface area contributed by atoms with Crippen molar-refractivity contribution < 1.29 is 9.90 Å². The first kappa shape index (κ1) is 21.2. The van der Waals surface area contributed by atoms with Gasteiger partial charge in [0.25, 0.3) is 5.56 Å². The summed E-state index contributed by atoms with van der Waals surface area (Å²) in [4.78, 5) is 43.5. The van der Waals surface area contributed by atoms with E-state index in [0.717, 1.165) is 46.8 Å². The predicted molar refractivity (Wildman–Crippen MR) is 115 cm³/mol. The monoisotopic (exact) mass is 436 g/mol. The molecule has 0 unspecified atom stereocenters. The number of nitrogens with zero attached hydrogens (tertiary/aromatic N) is 4. The van der Waals surface area contributed by atoms with Crippen LogP contribution in [-0.2, 0) is 18.9 Å². The molecule has 0 bridgehead atoms. The van der Waals surface area contributed by atoms with Gasteiger partial charge in [-0.15, -0.1) is 0 Å². The third-order valence-corrected chi connectivity index (χ3v) is 5.91. The zero-order valence-electron chi connectivity index (χ0n) is 16.1. The number of hydrogen-bond donors (Lipinski definition) is 1. The molecule has 1 fully saturated rings. The van der Waals surface area contributed by atoms with Gasteiger partial charge in [0.2, 0.25) is 11.8 Å². The van der Waals surface area contributed by atoms with Crippen LogP contribution < -0.4 is 11.2 Å². The molecular formula is C19H21ClN4O4S. The fourth-order valence-corrected chi connectivity index (χ4v) is 4.06. The van der Waals surface area contributed by atoms with Crippen LogP contribution in [0.25, 0.3) is 0 Å². The highest BCUT2D eigenvalue weighted by atomic mass is 35.5. The van der Waals surface area contributed by atoms with E-state index in [2.05, 4.69) is 4.99 Å². The maximum atomic E-state index is 12.7. The largest absolute Gasteiger partial charge is 0.494 e. The van der Waals surface area contributed by atoms with E-state index in [1.54, 1.807) is 29.2 Å². The van der Waals surface area contributed by atoms with E-state index < -0.39 is 17.1 Å². The Labute approximate surface area is 176 Å². The highest BCUT2D eigenvalue weighted by Crippen LogP contribution is 2.24. The van der Waals surface area contributed by atoms with E-state index >= 15 is 0 Å². The van der Waals surface area contributed by atoms with E-state index in [4.69, 9.17) is 11.6 Å². The second kappa shape index (κ2) is 8.87. The average Bonchev–Trinajstić information content (AvgIpc) is 3.25. The van der Waals surface area contributed by atoms with Crippen molar-refractivity contribution in [3.8, 4) is 5.88 Å². The number of amides is 1. The number of aliphatic imine (C=N–C) groups is 1. The van der Waals surface area contributed by atoms with Crippen LogP contribution in [0.3, 0.4) is 0 Å². The number of likely N-dealkylation sites (tertiary alicyclic amines) is 1. The van der Waals surface area contributed by atoms with Gasteiger partial charge in [-0.25, -0.2) is 9.79 Å². The highest BCUT2D eigenvalue weighted by molar-refractivity contribution is 8.15. The van der Waals surface area contributed by atoms with E-state index in [1.807, 2.05) is 0 Å². The molecule has 1 aliphatic rings. The van der Waals surface area contributed by atoms with Crippen LogP contribution >= 0.6 is 23.4 Å². The van der Waals surface area contributed by atoms with Crippen molar-refractivity contribution in [2.75, 3.05) is 18.8 Å². The zero-order chi connectivity index (χ0) is 21.1. The van der Waals surface area contributed by atoms with E-state index in [0.29, 0.717) is 10.7 Å². The summed E-state index contributed by atoms with van der Waals surface area (Å²) in [7, 11) is 2.69. The van der Waals surface area contributed by atoms with Gasteiger partial charge in [0.05, 0.1) is 11.4 Å². The lowest BCUT2D eigenvalue weighted by molar-refractivity contribution is -0.127. The molecule has 1 aliphatic heterocycles. The second-order valence-corrected chi connectivity index (χ2v) is 8.07. The smallest absolute Gasteiger partial charge is 0.333 e. The van der Waals surface area contributed by atoms with E-state index in [1.165, 1.54) is 14.1 Å². The number of rotatable bonds is 4. The Morgan fingerprint density at radius 1 is 1.14 bits per heavy atom. The van der Waals surface area contributed by atoms with Crippen molar-refractivity contribution in [2.24, 2.45) is 19.1 Å². The minimum Gasteiger partial charge on any atom is -0.494 e. The molecule has 10 heteroatoms. The summed E-state index contributed by atoms with van der Waals surface area (Å²) in [6.45, 7) is 1.44. The summed E-state index contributed by atoms with van der Waals surface area (Å²) in [5, 5.41) is 11.2. The maximum Gasteiger partial charge on any atom is 0.333 e. The minimum atomic E-state index is -0.681. The van der Waals surface area contributed by atoms with Crippen molar-refractivity contribution in [2.45, 2.75) is 12.8 Å². The number of carbonyl (C=O) groups excluding carboxylic acids is 1. The molecule has 1 amide bonds. The van der Waals surface area contributed by atoms with Gasteiger partial charge < -0.3 is 10.0 Å². The number of carbonyl (C=O) groups is 1. The fraction of sp³-hybridized carbons (Fsp3) is 0.368. The summed E-state index contributed by atoms with van der Waals surface area (Å²) in [5.41, 5.74) is -0.954. The third kappa shape index (κ3) is 4.56. The standard InChI is InChI=1S/C19H21ClN4O4S/c1-22-17(26)15(18(27)23(2)19(22)28)16(21-13-7-5-12(20)6-8-13)29-11-14(25)24-9-3-4-10-24/h5-8,26H,3-4,9-11H2,1-2H3. The Morgan fingerprint density at radius 3 is 2.38 bits per heavy atom. The van der Waals surface area contributed by atoms with Crippen LogP contribution in [0, 0.1) is 0 Å². The Balaban J connectivity index is 2.04. The molecule has 0 spiro atoms. The molecule has 8 nitrogen and oxygen atoms in total. The number of thioether (sulfide) groups is 1. The number of aromatic hydroxyl groups is 1. The molecule has 1 aromatic heterocycles. The third-order valence-electron chi connectivity index (χ3n) is 4.70. The maximum absolute atomic E-state index is 12.7. The van der Waals surface area contributed by atoms with Crippen molar-refractivity contribution in [3.63, 3.8) is 0 Å². The Kier molecular flexibility index (Phi) is 6.49. The molecule has 0 saturated carbocycles. The van der Waals surface area contributed by atoms with Crippen molar-refractivity contribution in [1.29, 1.82) is 0 Å². The van der Waals surface area contributed by atoms with Crippen LogP contribution in [0.5, 0.6) is 5.88 Å². The molecule has 1 saturated heterocycles. The molecule has 1 N–H and O–H groups in total. The van der Waals surface area contributed by atoms with Gasteiger partial charge in [-0.1, -0.05) is 23.4 Å². The number of hydrogen-bond acceptors (Lipinski definition) is 6. The van der Waals surface area contributed by atoms with Gasteiger partial charge in [-0.2, -0.15) is 0 Å². The fourth-order valence-electron chi connectivity index (χ4n) is 3.00. The minimum absolute atomic E-state index is 0.0579. The summed E-state index contributed by atoms with van der Waals surface area (Å²) >= 11 is 6.97. The van der Waals surface area contributed by atoms with Crippen molar-refractivity contribution in [1.82, 2.24) is 14.0 Å². The molecule has 2 aromatic rings. The van der Waals surface area contributed by atoms with Gasteiger partial charge >= 0.3 is 5.69 Å². The zero-order valence-corrected chi connectivity index (χ0v) is 17.7. The molecule has 0 aliphatic carbocycles. The Hall–Kier alpha value is -2.52. The van der Waals surface area contributed by atoms with Crippen LogP contribution in [0.4, 0.5) is 5.69 Å². The molecule has 0 radical (unpaired) electrons. The summed E-state index contributed by atoms with van der Waals surface area (Å²) in [5.74, 6) is -0.484. The lowest BCUT2D eigenvalue weighted by Crippen LogP contribution is -2.40. The van der Waals surface area contributed by atoms with Crippen molar-refractivity contribution in [3.05, 3.63) is 55.7 Å². The molecule has 2 heterocycles. The van der Waals surface area contributed by atoms with Gasteiger partial charge in [0.15, 0.2) is 0 Å². The van der Waals surface area contributed by atoms with Crippen LogP contribution in [-0.4, -0.2) is 48.9 Å². The molecule has 154 valence electrons. The Morgan fingerprint density at radius 2 is 1.76 bits per heavy atom. The molecule has 0 atom stereocenters. The number of benzene rings is 1. The van der Waals surface area contributed by atoms with Gasteiger partial charge in [0, 0.05) is 32.2 Å². The van der Waals surface area contributed by atoms with E-state index in [-0.39, 0.29) is 22.3 Å². The first-order valence-corrected chi connectivity index (χ1v) is 10.4. The first-order chi connectivity index (χ1) is 13.8. The average molecular weight is 437 g/mol. The molecule has 3 rings (SSSR count). The van der Waals surface area contributed by atoms with Gasteiger partial charge in [-0.3, -0.25) is 18.7 Å². The topological polar surface area (TPSA) is 96.9 Å². The number of aromatic nitrogens is 2. The lowest BCUT2D eigenvalue weighted by atomic mass is 10.3. The quantitative estimate of drug-likeness (QED) is 0.583. The molecular weight excluding hydrogens is 416 g/mol. The van der Waals surface area contributed by atoms with Gasteiger partial charge in [0.1, 0.15) is 10.6 Å². The van der Waals surface area contributed by atoms with Crippen LogP contribution in [0.2, 0.25) is 5.02 Å². The normalized spacial score (nSPS) is 14.4. The summed E-state index contributed by atoms with van der Waals surface area (Å²) in [6, 6.07) is 6.62. The molecule has 1 aromatic carbocycles. The molecule has 29 heavy (non-hydrogen) atoms. The van der Waals surface area contributed by atoms with Crippen LogP contribution in [0.15, 0.2) is 38.8 Å². The lowest BCUT2D eigenvalue weighted by Gasteiger charge is -2.16. The summed E-state index contributed by atoms with van der Waals surface area (Å²) in [6.07, 6.45) is 1.95. The van der Waals surface area contributed by atoms with Gasteiger partial charge in [-0.05, 0) is 37.1 Å². The predicted octanol–water partition coefficient (Wildman–Crippen LogP) is 1.88. The van der Waals surface area contributed by atoms with E-state index in [9.17, 15) is 19.5 Å². The SMILES string of the molecule is Cn1c(O)c(C(=Nc2ccc(Cl)cc2)SCC(=O)N2CCCC2)c(=O)n(C)c1=O. The van der Waals surface area contributed by atoms with Crippen LogP contribution in [0.1, 0.15) is 18.4 Å². The second-order valence-electron chi connectivity index (χ2n) is 6.67. The number of halogens is 1. The highest BCUT2D eigenvalue weighted by Gasteiger charge is 2.24. The Bertz CT molecular complexity index is 1070. The summed E-state index contributed by atoms with van der Waals surface area (Å²) < 4.78 is 1.87.